The molecule has 2 saturated heterocycles. The Bertz CT molecular complexity index is 1390. The van der Waals surface area contributed by atoms with E-state index in [1.54, 1.807) is 34.6 Å². The normalized spacial score (nSPS) is 26.3. The van der Waals surface area contributed by atoms with Crippen molar-refractivity contribution in [1.82, 2.24) is 14.5 Å². The van der Waals surface area contributed by atoms with Gasteiger partial charge in [0.1, 0.15) is 11.9 Å². The fourth-order valence-electron chi connectivity index (χ4n) is 7.24. The standard InChI is InChI=1S/C32H42ClF3N4O5S/c1-39(31(42)43)29(28(20-7-9-22(33)10-8-20)21-13-15-32(35,36)16-14-21)30(41)38-27-6-2-5-26(34)25(27)12-11-24-18-37-23-4-3-17-46(44,45)40(24)19-23/h2,5-10,21,23-24,28-29,37,44-45H,3-4,11-19H2,1H3,(H,38,41)(H,42,43)/t23?,24?,28-,29-/m0/s1. The average molecular weight is 687 g/mol. The Morgan fingerprint density at radius 1 is 1.15 bits per heavy atom. The van der Waals surface area contributed by atoms with E-state index in [1.165, 1.54) is 19.2 Å². The SMILES string of the molecule is CN(C(=O)O)[C@H](C(=O)Nc1cccc(F)c1CCC1CNC2CCCS(O)(O)N1C2)[C@@H](c1ccc(Cl)cc1)C1CCC(F)(F)CC1. The quantitative estimate of drug-likeness (QED) is 0.192. The van der Waals surface area contributed by atoms with Crippen LogP contribution in [0.4, 0.5) is 23.7 Å². The van der Waals surface area contributed by atoms with E-state index >= 15 is 4.39 Å². The Morgan fingerprint density at radius 2 is 1.85 bits per heavy atom. The second-order valence-corrected chi connectivity index (χ2v) is 15.3. The maximum Gasteiger partial charge on any atom is 0.407 e. The lowest BCUT2D eigenvalue weighted by Crippen LogP contribution is -2.55. The number of carbonyl (C=O) groups is 2. The molecule has 5 atom stereocenters. The number of carboxylic acid groups (broad SMARTS) is 1. The van der Waals surface area contributed by atoms with Gasteiger partial charge in [0, 0.05) is 67.3 Å². The van der Waals surface area contributed by atoms with Gasteiger partial charge in [-0.25, -0.2) is 22.3 Å². The lowest BCUT2D eigenvalue weighted by atomic mass is 9.72. The third kappa shape index (κ3) is 7.94. The van der Waals surface area contributed by atoms with Crippen molar-refractivity contribution in [2.45, 2.75) is 81.3 Å². The Kier molecular flexibility index (Phi) is 10.8. The Morgan fingerprint density at radius 3 is 2.52 bits per heavy atom. The van der Waals surface area contributed by atoms with Gasteiger partial charge in [0.25, 0.3) is 0 Å². The zero-order valence-electron chi connectivity index (χ0n) is 25.7. The molecule has 3 aliphatic rings. The van der Waals surface area contributed by atoms with Crippen molar-refractivity contribution in [3.8, 4) is 0 Å². The molecule has 2 amide bonds. The number of rotatable bonds is 9. The number of likely N-dealkylation sites (N-methyl/N-ethyl adjacent to an activating group) is 1. The third-order valence-electron chi connectivity index (χ3n) is 9.75. The molecular weight excluding hydrogens is 645 g/mol. The maximum absolute atomic E-state index is 15.4. The Labute approximate surface area is 274 Å². The molecule has 2 aliphatic heterocycles. The molecule has 1 aliphatic carbocycles. The van der Waals surface area contributed by atoms with Crippen molar-refractivity contribution in [3.05, 3.63) is 64.4 Å². The number of nitrogens with one attached hydrogen (secondary N) is 2. The van der Waals surface area contributed by atoms with Crippen LogP contribution in [0.15, 0.2) is 42.5 Å². The number of fused-ring (bicyclic) bond motifs is 2. The highest BCUT2D eigenvalue weighted by Crippen LogP contribution is 2.49. The molecule has 2 bridgehead atoms. The van der Waals surface area contributed by atoms with Gasteiger partial charge in [-0.05, 0) is 74.3 Å². The molecule has 3 fully saturated rings. The molecule has 5 N–H and O–H groups in total. The predicted molar refractivity (Wildman–Crippen MR) is 173 cm³/mol. The number of hydrogen-bond acceptors (Lipinski definition) is 6. The molecule has 254 valence electrons. The zero-order valence-corrected chi connectivity index (χ0v) is 27.3. The van der Waals surface area contributed by atoms with E-state index < -0.39 is 52.4 Å². The van der Waals surface area contributed by atoms with Gasteiger partial charge in [-0.15, -0.1) is 10.8 Å². The van der Waals surface area contributed by atoms with Crippen LogP contribution in [0.1, 0.15) is 62.0 Å². The summed E-state index contributed by atoms with van der Waals surface area (Å²) in [6, 6.07) is 9.41. The molecule has 1 saturated carbocycles. The summed E-state index contributed by atoms with van der Waals surface area (Å²) in [5.41, 5.74) is 0.969. The van der Waals surface area contributed by atoms with Gasteiger partial charge in [-0.2, -0.15) is 0 Å². The fourth-order valence-corrected chi connectivity index (χ4v) is 9.23. The van der Waals surface area contributed by atoms with Crippen molar-refractivity contribution in [1.29, 1.82) is 0 Å². The molecule has 14 heteroatoms. The van der Waals surface area contributed by atoms with E-state index in [-0.39, 0.29) is 61.2 Å². The first-order valence-corrected chi connectivity index (χ1v) is 17.7. The summed E-state index contributed by atoms with van der Waals surface area (Å²) in [7, 11) is -1.69. The zero-order chi connectivity index (χ0) is 33.2. The first-order valence-electron chi connectivity index (χ1n) is 15.7. The third-order valence-corrected chi connectivity index (χ3v) is 12.0. The summed E-state index contributed by atoms with van der Waals surface area (Å²) in [4.78, 5) is 27.4. The highest BCUT2D eigenvalue weighted by molar-refractivity contribution is 8.22. The molecule has 9 nitrogen and oxygen atoms in total. The topological polar surface area (TPSA) is 125 Å². The van der Waals surface area contributed by atoms with Crippen LogP contribution in [0.5, 0.6) is 0 Å². The molecule has 5 rings (SSSR count). The maximum atomic E-state index is 15.4. The summed E-state index contributed by atoms with van der Waals surface area (Å²) >= 11 is 6.12. The number of benzene rings is 2. The van der Waals surface area contributed by atoms with Gasteiger partial charge in [0.2, 0.25) is 11.8 Å². The van der Waals surface area contributed by atoms with Gasteiger partial charge < -0.3 is 15.7 Å². The molecule has 2 aromatic rings. The van der Waals surface area contributed by atoms with E-state index in [0.717, 1.165) is 11.3 Å². The lowest BCUT2D eigenvalue weighted by molar-refractivity contribution is -0.122. The summed E-state index contributed by atoms with van der Waals surface area (Å²) in [5.74, 6) is -5.02. The van der Waals surface area contributed by atoms with E-state index in [4.69, 9.17) is 11.6 Å². The fraction of sp³-hybridized carbons (Fsp3) is 0.562. The van der Waals surface area contributed by atoms with Gasteiger partial charge >= 0.3 is 6.09 Å². The summed E-state index contributed by atoms with van der Waals surface area (Å²) in [6.07, 6.45) is 0.139. The number of nitrogens with zero attached hydrogens (tertiary/aromatic N) is 2. The second-order valence-electron chi connectivity index (χ2n) is 12.7. The smallest absolute Gasteiger partial charge is 0.407 e. The Hall–Kier alpha value is -2.55. The summed E-state index contributed by atoms with van der Waals surface area (Å²) in [5, 5.41) is 16.7. The number of amides is 2. The van der Waals surface area contributed by atoms with Crippen LogP contribution in [0.2, 0.25) is 5.02 Å². The molecule has 0 aromatic heterocycles. The minimum absolute atomic E-state index is 0.0920. The van der Waals surface area contributed by atoms with Crippen LogP contribution < -0.4 is 10.6 Å². The van der Waals surface area contributed by atoms with Crippen molar-refractivity contribution in [2.24, 2.45) is 5.92 Å². The minimum Gasteiger partial charge on any atom is -0.465 e. The van der Waals surface area contributed by atoms with Gasteiger partial charge in [0.05, 0.1) is 5.75 Å². The molecule has 0 radical (unpaired) electrons. The number of hydrogen-bond donors (Lipinski definition) is 5. The molecule has 2 heterocycles. The van der Waals surface area contributed by atoms with E-state index in [9.17, 15) is 32.6 Å². The molecular formula is C32H42ClF3N4O5S. The largest absolute Gasteiger partial charge is 0.465 e. The second kappa shape index (κ2) is 14.3. The van der Waals surface area contributed by atoms with Crippen molar-refractivity contribution < 1.29 is 37.0 Å². The van der Waals surface area contributed by atoms with E-state index in [1.807, 2.05) is 0 Å². The monoisotopic (exact) mass is 686 g/mol. The van der Waals surface area contributed by atoms with Crippen LogP contribution in [-0.4, -0.2) is 85.4 Å². The number of halogens is 4. The van der Waals surface area contributed by atoms with Crippen LogP contribution in [0.3, 0.4) is 0 Å². The van der Waals surface area contributed by atoms with Gasteiger partial charge in [-0.3, -0.25) is 18.8 Å². The highest BCUT2D eigenvalue weighted by atomic mass is 35.5. The minimum atomic E-state index is -2.96. The molecule has 2 aromatic carbocycles. The average Bonchev–Trinajstić information content (AvgIpc) is 3.11. The summed E-state index contributed by atoms with van der Waals surface area (Å²) in [6.45, 7) is 0.988. The first-order chi connectivity index (χ1) is 21.8. The Balaban J connectivity index is 1.42. The number of carbonyl (C=O) groups excluding carboxylic acids is 1. The molecule has 3 unspecified atom stereocenters. The molecule has 0 spiro atoms. The van der Waals surface area contributed by atoms with Crippen LogP contribution in [-0.2, 0) is 11.2 Å². The van der Waals surface area contributed by atoms with Gasteiger partial charge in [-0.1, -0.05) is 29.8 Å². The van der Waals surface area contributed by atoms with E-state index in [0.29, 0.717) is 36.5 Å². The van der Waals surface area contributed by atoms with Crippen molar-refractivity contribution in [3.63, 3.8) is 0 Å². The number of alkyl halides is 2. The highest BCUT2D eigenvalue weighted by Gasteiger charge is 2.45. The van der Waals surface area contributed by atoms with Crippen LogP contribution in [0, 0.1) is 11.7 Å². The predicted octanol–water partition coefficient (Wildman–Crippen LogP) is 7.04. The first kappa shape index (κ1) is 34.8. The van der Waals surface area contributed by atoms with Crippen LogP contribution >= 0.6 is 22.4 Å². The summed E-state index contributed by atoms with van der Waals surface area (Å²) < 4.78 is 67.1. The molecule has 46 heavy (non-hydrogen) atoms. The number of piperazine rings is 1. The van der Waals surface area contributed by atoms with Gasteiger partial charge in [0.15, 0.2) is 0 Å². The number of anilines is 1. The van der Waals surface area contributed by atoms with Crippen molar-refractivity contribution >= 4 is 40.1 Å². The van der Waals surface area contributed by atoms with Crippen molar-refractivity contribution in [2.75, 3.05) is 31.2 Å². The van der Waals surface area contributed by atoms with E-state index in [2.05, 4.69) is 10.6 Å². The van der Waals surface area contributed by atoms with Crippen LogP contribution in [0.25, 0.3) is 0 Å². The lowest BCUT2D eigenvalue weighted by Gasteiger charge is -2.49.